The van der Waals surface area contributed by atoms with Crippen molar-refractivity contribution in [3.8, 4) is 34.8 Å². The van der Waals surface area contributed by atoms with Gasteiger partial charge < -0.3 is 24.1 Å². The predicted molar refractivity (Wildman–Crippen MR) is 138 cm³/mol. The SMILES string of the molecule is CC[C@H]1c2c(c(OC(C)=O)c(C)c3c2OCO3)CC2[C@H]3c4c(cc(C)c(OC)c4O)C[C@H]([C@H](C#N)N21)N3C. The third-order valence-corrected chi connectivity index (χ3v) is 8.90. The van der Waals surface area contributed by atoms with Crippen LogP contribution in [0.15, 0.2) is 6.07 Å². The van der Waals surface area contributed by atoms with E-state index in [0.717, 1.165) is 39.8 Å². The molecule has 0 aliphatic carbocycles. The lowest BCUT2D eigenvalue weighted by Crippen LogP contribution is -2.68. The molecule has 0 aromatic heterocycles. The van der Waals surface area contributed by atoms with Gasteiger partial charge in [-0.1, -0.05) is 13.0 Å². The average molecular weight is 520 g/mol. The molecule has 4 aliphatic heterocycles. The maximum absolute atomic E-state index is 12.2. The molecule has 0 amide bonds. The maximum Gasteiger partial charge on any atom is 0.308 e. The highest BCUT2D eigenvalue weighted by Gasteiger charge is 2.56. The first-order valence-corrected chi connectivity index (χ1v) is 13.1. The molecule has 1 saturated heterocycles. The van der Waals surface area contributed by atoms with Crippen molar-refractivity contribution < 1.29 is 28.8 Å². The van der Waals surface area contributed by atoms with Crippen molar-refractivity contribution in [2.24, 2.45) is 0 Å². The van der Waals surface area contributed by atoms with Crippen molar-refractivity contribution >= 4 is 5.97 Å². The predicted octanol–water partition coefficient (Wildman–Crippen LogP) is 3.85. The molecule has 2 aromatic carbocycles. The van der Waals surface area contributed by atoms with Gasteiger partial charge in [-0.25, -0.2) is 0 Å². The Labute approximate surface area is 222 Å². The standard InChI is InChI=1S/C29H33N3O6/c1-7-18-23-17(27(38-15(4)33)14(3)28-29(23)37-12-36-28)10-20-24-22-16(8-13(2)26(35-6)25(22)34)9-19(31(24)5)21(11-30)32(18)20/h8,18-21,24,34H,7,9-10,12H2,1-6H3/t18-,19+,20?,21-,24-/m0/s1. The fraction of sp³-hybridized carbons (Fsp3) is 0.517. The van der Waals surface area contributed by atoms with Crippen molar-refractivity contribution in [2.45, 2.75) is 77.2 Å². The van der Waals surface area contributed by atoms with Gasteiger partial charge in [0.05, 0.1) is 19.2 Å². The minimum atomic E-state index is -0.402. The van der Waals surface area contributed by atoms with E-state index < -0.39 is 5.97 Å². The van der Waals surface area contributed by atoms with Gasteiger partial charge in [-0.3, -0.25) is 14.6 Å². The molecule has 1 N–H and O–H groups in total. The molecule has 0 radical (unpaired) electrons. The van der Waals surface area contributed by atoms with E-state index in [1.165, 1.54) is 6.92 Å². The van der Waals surface area contributed by atoms with Crippen LogP contribution in [0.25, 0.3) is 0 Å². The second-order valence-corrected chi connectivity index (χ2v) is 10.8. The quantitative estimate of drug-likeness (QED) is 0.478. The maximum atomic E-state index is 12.2. The summed E-state index contributed by atoms with van der Waals surface area (Å²) >= 11 is 0. The largest absolute Gasteiger partial charge is 0.504 e. The molecule has 4 aliphatic rings. The lowest BCUT2D eigenvalue weighted by atomic mass is 9.71. The summed E-state index contributed by atoms with van der Waals surface area (Å²) in [4.78, 5) is 16.8. The first-order chi connectivity index (χ1) is 18.2. The highest BCUT2D eigenvalue weighted by molar-refractivity contribution is 5.74. The van der Waals surface area contributed by atoms with E-state index in [2.05, 4.69) is 28.9 Å². The monoisotopic (exact) mass is 519 g/mol. The molecule has 0 saturated carbocycles. The van der Waals surface area contributed by atoms with Gasteiger partial charge in [-0.05, 0) is 51.3 Å². The van der Waals surface area contributed by atoms with Crippen LogP contribution in [0.2, 0.25) is 0 Å². The number of aryl methyl sites for hydroxylation is 1. The number of ether oxygens (including phenoxy) is 4. The number of rotatable bonds is 3. The molecule has 9 heteroatoms. The lowest BCUT2D eigenvalue weighted by Gasteiger charge is -2.60. The Hall–Kier alpha value is -3.48. The zero-order valence-corrected chi connectivity index (χ0v) is 22.6. The number of carbonyl (C=O) groups excluding carboxylic acids is 1. The second kappa shape index (κ2) is 8.79. The number of hydrogen-bond donors (Lipinski definition) is 1. The summed E-state index contributed by atoms with van der Waals surface area (Å²) in [6.45, 7) is 7.42. The van der Waals surface area contributed by atoms with E-state index in [-0.39, 0.29) is 42.8 Å². The highest BCUT2D eigenvalue weighted by Crippen LogP contribution is 2.58. The molecule has 9 nitrogen and oxygen atoms in total. The molecule has 2 bridgehead atoms. The van der Waals surface area contributed by atoms with Crippen molar-refractivity contribution in [3.05, 3.63) is 39.4 Å². The third-order valence-electron chi connectivity index (χ3n) is 8.90. The number of likely N-dealkylation sites (N-methyl/N-ethyl adjacent to an activating group) is 1. The van der Waals surface area contributed by atoms with Crippen LogP contribution in [0.4, 0.5) is 0 Å². The number of piperazine rings is 1. The number of phenolic OH excluding ortho intramolecular Hbond substituents is 1. The average Bonchev–Trinajstić information content (AvgIpc) is 3.36. The van der Waals surface area contributed by atoms with E-state index >= 15 is 0 Å². The summed E-state index contributed by atoms with van der Waals surface area (Å²) in [7, 11) is 3.61. The van der Waals surface area contributed by atoms with Crippen molar-refractivity contribution in [3.63, 3.8) is 0 Å². The number of carbonyl (C=O) groups is 1. The van der Waals surface area contributed by atoms with Gasteiger partial charge in [0, 0.05) is 47.3 Å². The van der Waals surface area contributed by atoms with E-state index in [1.54, 1.807) is 7.11 Å². The van der Waals surface area contributed by atoms with Gasteiger partial charge in [-0.15, -0.1) is 0 Å². The Balaban J connectivity index is 1.62. The molecular weight excluding hydrogens is 486 g/mol. The first kappa shape index (κ1) is 24.8. The molecule has 1 fully saturated rings. The van der Waals surface area contributed by atoms with E-state index in [1.807, 2.05) is 20.9 Å². The number of benzene rings is 2. The molecule has 1 unspecified atom stereocenters. The first-order valence-electron chi connectivity index (χ1n) is 13.1. The fourth-order valence-electron chi connectivity index (χ4n) is 7.52. The number of hydrogen-bond acceptors (Lipinski definition) is 9. The Morgan fingerprint density at radius 2 is 1.92 bits per heavy atom. The summed E-state index contributed by atoms with van der Waals surface area (Å²) in [5, 5.41) is 22.0. The van der Waals surface area contributed by atoms with Gasteiger partial charge in [0.2, 0.25) is 6.79 Å². The van der Waals surface area contributed by atoms with E-state index in [0.29, 0.717) is 35.8 Å². The number of nitriles is 1. The zero-order valence-electron chi connectivity index (χ0n) is 22.6. The summed E-state index contributed by atoms with van der Waals surface area (Å²) in [5.41, 5.74) is 5.35. The van der Waals surface area contributed by atoms with Gasteiger partial charge in [0.15, 0.2) is 23.0 Å². The van der Waals surface area contributed by atoms with Crippen LogP contribution >= 0.6 is 0 Å². The lowest BCUT2D eigenvalue weighted by molar-refractivity contribution is -0.132. The Kier molecular flexibility index (Phi) is 5.74. The number of esters is 1. The number of fused-ring (bicyclic) bond motifs is 9. The van der Waals surface area contributed by atoms with Crippen LogP contribution in [-0.4, -0.2) is 60.0 Å². The number of phenols is 1. The Bertz CT molecular complexity index is 1400. The van der Waals surface area contributed by atoms with Crippen molar-refractivity contribution in [1.29, 1.82) is 5.26 Å². The van der Waals surface area contributed by atoms with E-state index in [4.69, 9.17) is 18.9 Å². The van der Waals surface area contributed by atoms with Crippen LogP contribution in [-0.2, 0) is 17.6 Å². The number of nitrogens with zero attached hydrogens (tertiary/aromatic N) is 3. The Morgan fingerprint density at radius 3 is 2.58 bits per heavy atom. The minimum Gasteiger partial charge on any atom is -0.504 e. The van der Waals surface area contributed by atoms with Crippen LogP contribution in [0.3, 0.4) is 0 Å². The Morgan fingerprint density at radius 1 is 1.18 bits per heavy atom. The molecule has 200 valence electrons. The highest BCUT2D eigenvalue weighted by atomic mass is 16.7. The molecule has 5 atom stereocenters. The van der Waals surface area contributed by atoms with Crippen LogP contribution in [0.1, 0.15) is 65.7 Å². The number of methoxy groups -OCH3 is 1. The molecular formula is C29H33N3O6. The van der Waals surface area contributed by atoms with Crippen molar-refractivity contribution in [1.82, 2.24) is 9.80 Å². The summed E-state index contributed by atoms with van der Waals surface area (Å²) in [5.74, 6) is 2.03. The topological polar surface area (TPSA) is 104 Å². The van der Waals surface area contributed by atoms with Gasteiger partial charge in [0.1, 0.15) is 11.8 Å². The summed E-state index contributed by atoms with van der Waals surface area (Å²) in [6.07, 6.45) is 1.88. The molecule has 6 rings (SSSR count). The van der Waals surface area contributed by atoms with Gasteiger partial charge in [0.25, 0.3) is 0 Å². The van der Waals surface area contributed by atoms with Gasteiger partial charge in [-0.2, -0.15) is 5.26 Å². The summed E-state index contributed by atoms with van der Waals surface area (Å²) < 4.78 is 23.3. The minimum absolute atomic E-state index is 0.0554. The van der Waals surface area contributed by atoms with Crippen LogP contribution in [0.5, 0.6) is 28.7 Å². The molecule has 38 heavy (non-hydrogen) atoms. The summed E-state index contributed by atoms with van der Waals surface area (Å²) in [6, 6.07) is 3.77. The molecule has 2 aromatic rings. The third kappa shape index (κ3) is 3.20. The second-order valence-electron chi connectivity index (χ2n) is 10.8. The number of aromatic hydroxyl groups is 1. The molecule has 4 heterocycles. The normalized spacial score (nSPS) is 27.1. The van der Waals surface area contributed by atoms with Gasteiger partial charge >= 0.3 is 5.97 Å². The van der Waals surface area contributed by atoms with Crippen molar-refractivity contribution in [2.75, 3.05) is 21.0 Å². The van der Waals surface area contributed by atoms with E-state index in [9.17, 15) is 15.2 Å². The van der Waals surface area contributed by atoms with Crippen LogP contribution in [0, 0.1) is 25.2 Å². The van der Waals surface area contributed by atoms with Crippen LogP contribution < -0.4 is 18.9 Å². The molecule has 0 spiro atoms. The zero-order chi connectivity index (χ0) is 27.0. The smallest absolute Gasteiger partial charge is 0.308 e. The fourth-order valence-corrected chi connectivity index (χ4v) is 7.52.